The smallest absolute Gasteiger partial charge is 0.147 e. The summed E-state index contributed by atoms with van der Waals surface area (Å²) >= 11 is 0. The van der Waals surface area contributed by atoms with Gasteiger partial charge in [0, 0.05) is 25.6 Å². The number of aromatic nitrogens is 3. The van der Waals surface area contributed by atoms with E-state index in [1.54, 1.807) is 12.1 Å². The van der Waals surface area contributed by atoms with Crippen LogP contribution in [0.3, 0.4) is 0 Å². The number of nitrogens with zero attached hydrogens (tertiary/aromatic N) is 5. The van der Waals surface area contributed by atoms with E-state index in [1.807, 2.05) is 12.1 Å². The van der Waals surface area contributed by atoms with E-state index in [1.165, 1.54) is 18.7 Å². The third-order valence-electron chi connectivity index (χ3n) is 4.44. The first-order chi connectivity index (χ1) is 11.3. The number of benzene rings is 1. The highest BCUT2D eigenvalue weighted by Crippen LogP contribution is 2.39. The maximum absolute atomic E-state index is 8.90. The van der Waals surface area contributed by atoms with Gasteiger partial charge in [-0.05, 0) is 31.0 Å². The molecule has 6 heteroatoms. The lowest BCUT2D eigenvalue weighted by molar-refractivity contribution is 0.174. The van der Waals surface area contributed by atoms with Crippen molar-refractivity contribution in [2.75, 3.05) is 19.7 Å². The average Bonchev–Trinajstić information content (AvgIpc) is 3.35. The fraction of sp³-hybridized carbons (Fsp3) is 0.471. The summed E-state index contributed by atoms with van der Waals surface area (Å²) in [6, 6.07) is 9.41. The molecule has 1 aliphatic heterocycles. The number of hydrogen-bond acceptors (Lipinski definition) is 5. The van der Waals surface area contributed by atoms with Crippen LogP contribution in [0.15, 0.2) is 24.3 Å². The number of hydrogen-bond donors (Lipinski definition) is 0. The molecule has 1 aromatic carbocycles. The van der Waals surface area contributed by atoms with Crippen LogP contribution in [0.4, 0.5) is 0 Å². The Labute approximate surface area is 135 Å². The van der Waals surface area contributed by atoms with Crippen LogP contribution in [0.1, 0.15) is 36.0 Å². The maximum atomic E-state index is 8.90. The monoisotopic (exact) mass is 309 g/mol. The quantitative estimate of drug-likeness (QED) is 0.844. The highest BCUT2D eigenvalue weighted by atomic mass is 16.5. The van der Waals surface area contributed by atoms with Gasteiger partial charge in [-0.1, -0.05) is 6.07 Å². The molecule has 0 amide bonds. The van der Waals surface area contributed by atoms with Crippen LogP contribution < -0.4 is 4.74 Å². The number of nitriles is 1. The lowest BCUT2D eigenvalue weighted by atomic mass is 10.2. The average molecular weight is 309 g/mol. The normalized spacial score (nSPS) is 17.5. The summed E-state index contributed by atoms with van der Waals surface area (Å²) in [6.07, 6.45) is 2.52. The van der Waals surface area contributed by atoms with Crippen molar-refractivity contribution in [1.29, 1.82) is 5.26 Å². The van der Waals surface area contributed by atoms with Crippen molar-refractivity contribution in [3.05, 3.63) is 41.5 Å². The van der Waals surface area contributed by atoms with Crippen molar-refractivity contribution in [2.24, 2.45) is 0 Å². The molecule has 2 heterocycles. The van der Waals surface area contributed by atoms with Gasteiger partial charge in [-0.25, -0.2) is 0 Å². The van der Waals surface area contributed by atoms with E-state index in [9.17, 15) is 0 Å². The first-order valence-electron chi connectivity index (χ1n) is 8.11. The fourth-order valence-corrected chi connectivity index (χ4v) is 3.01. The van der Waals surface area contributed by atoms with Crippen molar-refractivity contribution in [3.63, 3.8) is 0 Å². The fourth-order valence-electron chi connectivity index (χ4n) is 3.01. The van der Waals surface area contributed by atoms with E-state index < -0.39 is 0 Å². The van der Waals surface area contributed by atoms with E-state index in [4.69, 9.17) is 10.00 Å². The minimum Gasteiger partial charge on any atom is -0.492 e. The van der Waals surface area contributed by atoms with E-state index in [-0.39, 0.29) is 0 Å². The van der Waals surface area contributed by atoms with Crippen molar-refractivity contribution in [2.45, 2.75) is 31.8 Å². The van der Waals surface area contributed by atoms with Gasteiger partial charge in [-0.3, -0.25) is 4.90 Å². The standard InChI is InChI=1S/C17H19N5O/c18-11-13-2-1-3-15(10-13)23-9-8-21-6-7-22-16(12-21)19-20-17(22)14-4-5-14/h1-3,10,14H,4-9,12H2. The molecule has 0 radical (unpaired) electrons. The second-order valence-corrected chi connectivity index (χ2v) is 6.16. The summed E-state index contributed by atoms with van der Waals surface area (Å²) in [5.74, 6) is 3.66. The molecule has 0 saturated heterocycles. The molecular weight excluding hydrogens is 290 g/mol. The minimum absolute atomic E-state index is 0.610. The Balaban J connectivity index is 1.31. The van der Waals surface area contributed by atoms with Crippen LogP contribution in [0, 0.1) is 11.3 Å². The Kier molecular flexibility index (Phi) is 3.72. The van der Waals surface area contributed by atoms with Crippen molar-refractivity contribution in [1.82, 2.24) is 19.7 Å². The molecule has 0 spiro atoms. The van der Waals surface area contributed by atoms with E-state index in [2.05, 4.69) is 25.7 Å². The van der Waals surface area contributed by atoms with Crippen LogP contribution in [0.2, 0.25) is 0 Å². The van der Waals surface area contributed by atoms with Crippen LogP contribution >= 0.6 is 0 Å². The van der Waals surface area contributed by atoms with Gasteiger partial charge < -0.3 is 9.30 Å². The molecule has 1 aromatic heterocycles. The van der Waals surface area contributed by atoms with Gasteiger partial charge in [-0.15, -0.1) is 10.2 Å². The van der Waals surface area contributed by atoms with Gasteiger partial charge in [0.05, 0.1) is 18.2 Å². The molecule has 2 aromatic rings. The summed E-state index contributed by atoms with van der Waals surface area (Å²) in [4.78, 5) is 2.34. The van der Waals surface area contributed by atoms with Gasteiger partial charge >= 0.3 is 0 Å². The highest BCUT2D eigenvalue weighted by molar-refractivity contribution is 5.36. The Morgan fingerprint density at radius 3 is 3.00 bits per heavy atom. The summed E-state index contributed by atoms with van der Waals surface area (Å²) < 4.78 is 8.05. The number of fused-ring (bicyclic) bond motifs is 1. The topological polar surface area (TPSA) is 67.0 Å². The van der Waals surface area contributed by atoms with Crippen LogP contribution in [0.5, 0.6) is 5.75 Å². The molecule has 0 bridgehead atoms. The Morgan fingerprint density at radius 1 is 1.26 bits per heavy atom. The van der Waals surface area contributed by atoms with Crippen LogP contribution in [-0.2, 0) is 13.1 Å². The lowest BCUT2D eigenvalue weighted by Gasteiger charge is -2.27. The zero-order valence-electron chi connectivity index (χ0n) is 13.0. The zero-order valence-corrected chi connectivity index (χ0v) is 13.0. The summed E-state index contributed by atoms with van der Waals surface area (Å²) in [7, 11) is 0. The summed E-state index contributed by atoms with van der Waals surface area (Å²) in [5.41, 5.74) is 0.626. The number of rotatable bonds is 5. The van der Waals surface area contributed by atoms with E-state index in [0.717, 1.165) is 37.8 Å². The van der Waals surface area contributed by atoms with Crippen LogP contribution in [-0.4, -0.2) is 39.4 Å². The molecule has 1 saturated carbocycles. The molecule has 1 aliphatic carbocycles. The molecule has 0 unspecified atom stereocenters. The summed E-state index contributed by atoms with van der Waals surface area (Å²) in [6.45, 7) is 4.27. The van der Waals surface area contributed by atoms with E-state index >= 15 is 0 Å². The van der Waals surface area contributed by atoms with Gasteiger partial charge in [0.25, 0.3) is 0 Å². The molecule has 0 N–H and O–H groups in total. The molecular formula is C17H19N5O. The molecule has 2 aliphatic rings. The molecule has 4 rings (SSSR count). The first kappa shape index (κ1) is 14.2. The van der Waals surface area contributed by atoms with Crippen molar-refractivity contribution < 1.29 is 4.74 Å². The van der Waals surface area contributed by atoms with Gasteiger partial charge in [0.2, 0.25) is 0 Å². The van der Waals surface area contributed by atoms with Gasteiger partial charge in [-0.2, -0.15) is 5.26 Å². The molecule has 6 nitrogen and oxygen atoms in total. The Hall–Kier alpha value is -2.39. The highest BCUT2D eigenvalue weighted by Gasteiger charge is 2.31. The van der Waals surface area contributed by atoms with Gasteiger partial charge in [0.1, 0.15) is 24.0 Å². The Morgan fingerprint density at radius 2 is 2.17 bits per heavy atom. The predicted molar refractivity (Wildman–Crippen MR) is 83.9 cm³/mol. The zero-order chi connectivity index (χ0) is 15.6. The number of ether oxygens (including phenoxy) is 1. The molecule has 118 valence electrons. The van der Waals surface area contributed by atoms with Crippen molar-refractivity contribution in [3.8, 4) is 11.8 Å². The predicted octanol–water partition coefficient (Wildman–Crippen LogP) is 1.92. The second kappa shape index (κ2) is 6.01. The third kappa shape index (κ3) is 3.06. The second-order valence-electron chi connectivity index (χ2n) is 6.16. The molecule has 1 fully saturated rings. The first-order valence-corrected chi connectivity index (χ1v) is 8.11. The third-order valence-corrected chi connectivity index (χ3v) is 4.44. The minimum atomic E-state index is 0.610. The molecule has 0 atom stereocenters. The SMILES string of the molecule is N#Cc1cccc(OCCN2CCn3c(nnc3C3CC3)C2)c1. The maximum Gasteiger partial charge on any atom is 0.147 e. The largest absolute Gasteiger partial charge is 0.492 e. The van der Waals surface area contributed by atoms with Gasteiger partial charge in [0.15, 0.2) is 0 Å². The lowest BCUT2D eigenvalue weighted by Crippen LogP contribution is -2.36. The van der Waals surface area contributed by atoms with E-state index in [0.29, 0.717) is 18.1 Å². The van der Waals surface area contributed by atoms with Crippen LogP contribution in [0.25, 0.3) is 0 Å². The molecule has 23 heavy (non-hydrogen) atoms. The Bertz CT molecular complexity index is 744. The van der Waals surface area contributed by atoms with Crippen molar-refractivity contribution >= 4 is 0 Å². The summed E-state index contributed by atoms with van der Waals surface area (Å²) in [5, 5.41) is 17.6.